The zero-order valence-electron chi connectivity index (χ0n) is 9.37. The molecular weight excluding hydrogens is 210 g/mol. The van der Waals surface area contributed by atoms with Gasteiger partial charge in [-0.3, -0.25) is 9.48 Å². The van der Waals surface area contributed by atoms with Crippen molar-refractivity contribution >= 4 is 5.91 Å². The van der Waals surface area contributed by atoms with Crippen molar-refractivity contribution in [3.8, 4) is 0 Å². The maximum atomic E-state index is 10.7. The third kappa shape index (κ3) is 3.04. The van der Waals surface area contributed by atoms with E-state index in [0.717, 1.165) is 0 Å². The Morgan fingerprint density at radius 3 is 2.69 bits per heavy atom. The van der Waals surface area contributed by atoms with Crippen molar-refractivity contribution in [3.63, 3.8) is 0 Å². The Labute approximate surface area is 93.7 Å². The Balaban J connectivity index is 2.73. The van der Waals surface area contributed by atoms with Crippen molar-refractivity contribution in [2.24, 2.45) is 11.7 Å². The summed E-state index contributed by atoms with van der Waals surface area (Å²) in [7, 11) is 0. The Hall–Kier alpha value is -1.40. The van der Waals surface area contributed by atoms with Crippen LogP contribution < -0.4 is 5.73 Å². The van der Waals surface area contributed by atoms with E-state index < -0.39 is 18.1 Å². The predicted octanol–water partition coefficient (Wildman–Crippen LogP) is -0.581. The Bertz CT molecular complexity index is 362. The standard InChI is InChI=1S/C10H17N3O3/c1-6(2)4-13-5-7(3-12-13)8(14)9(15)10(11)16/h3,5-6,8-9,14-15H,4H2,1-2H3,(H2,11,16). The largest absolute Gasteiger partial charge is 0.385 e. The Kier molecular flexibility index (Phi) is 4.03. The number of hydrogen-bond acceptors (Lipinski definition) is 4. The average Bonchev–Trinajstić information content (AvgIpc) is 2.62. The summed E-state index contributed by atoms with van der Waals surface area (Å²) in [5, 5.41) is 22.9. The molecule has 0 fully saturated rings. The van der Waals surface area contributed by atoms with Crippen molar-refractivity contribution in [1.29, 1.82) is 0 Å². The molecule has 0 aliphatic carbocycles. The zero-order chi connectivity index (χ0) is 12.3. The second-order valence-corrected chi connectivity index (χ2v) is 4.18. The van der Waals surface area contributed by atoms with Crippen molar-refractivity contribution < 1.29 is 15.0 Å². The number of nitrogens with zero attached hydrogens (tertiary/aromatic N) is 2. The van der Waals surface area contributed by atoms with Gasteiger partial charge in [-0.2, -0.15) is 5.10 Å². The molecular formula is C10H17N3O3. The molecule has 0 aliphatic heterocycles. The molecule has 6 heteroatoms. The highest BCUT2D eigenvalue weighted by Gasteiger charge is 2.24. The van der Waals surface area contributed by atoms with E-state index in [1.54, 1.807) is 10.9 Å². The van der Waals surface area contributed by atoms with Gasteiger partial charge in [-0.1, -0.05) is 13.8 Å². The second-order valence-electron chi connectivity index (χ2n) is 4.18. The number of carbonyl (C=O) groups excluding carboxylic acids is 1. The number of aromatic nitrogens is 2. The van der Waals surface area contributed by atoms with E-state index in [2.05, 4.69) is 5.10 Å². The number of primary amides is 1. The number of aliphatic hydroxyl groups excluding tert-OH is 2. The summed E-state index contributed by atoms with van der Waals surface area (Å²) < 4.78 is 1.65. The van der Waals surface area contributed by atoms with Crippen LogP contribution in [0.2, 0.25) is 0 Å². The minimum absolute atomic E-state index is 0.381. The predicted molar refractivity (Wildman–Crippen MR) is 57.2 cm³/mol. The van der Waals surface area contributed by atoms with Crippen LogP contribution in [0.5, 0.6) is 0 Å². The molecule has 2 unspecified atom stereocenters. The quantitative estimate of drug-likeness (QED) is 0.626. The van der Waals surface area contributed by atoms with Gasteiger partial charge in [-0.25, -0.2) is 0 Å². The number of aliphatic hydroxyl groups is 2. The van der Waals surface area contributed by atoms with Gasteiger partial charge in [0.15, 0.2) is 6.10 Å². The normalized spacial score (nSPS) is 15.1. The number of hydrogen-bond donors (Lipinski definition) is 3. The van der Waals surface area contributed by atoms with E-state index in [4.69, 9.17) is 5.73 Å². The second kappa shape index (κ2) is 5.09. The molecule has 1 heterocycles. The lowest BCUT2D eigenvalue weighted by Gasteiger charge is -2.12. The van der Waals surface area contributed by atoms with Gasteiger partial charge in [0.05, 0.1) is 6.20 Å². The van der Waals surface area contributed by atoms with E-state index >= 15 is 0 Å². The molecule has 6 nitrogen and oxygen atoms in total. The first kappa shape index (κ1) is 12.7. The van der Waals surface area contributed by atoms with Crippen LogP contribution >= 0.6 is 0 Å². The highest BCUT2D eigenvalue weighted by atomic mass is 16.3. The van der Waals surface area contributed by atoms with E-state index in [0.29, 0.717) is 18.0 Å². The van der Waals surface area contributed by atoms with Gasteiger partial charge < -0.3 is 15.9 Å². The minimum Gasteiger partial charge on any atom is -0.385 e. The lowest BCUT2D eigenvalue weighted by Crippen LogP contribution is -2.33. The molecule has 0 saturated carbocycles. The van der Waals surface area contributed by atoms with Gasteiger partial charge in [-0.05, 0) is 5.92 Å². The average molecular weight is 227 g/mol. The molecule has 16 heavy (non-hydrogen) atoms. The van der Waals surface area contributed by atoms with Gasteiger partial charge in [0.1, 0.15) is 6.10 Å². The van der Waals surface area contributed by atoms with Crippen LogP contribution in [0.25, 0.3) is 0 Å². The summed E-state index contributed by atoms with van der Waals surface area (Å²) in [6, 6.07) is 0. The smallest absolute Gasteiger partial charge is 0.249 e. The molecule has 0 spiro atoms. The summed E-state index contributed by atoms with van der Waals surface area (Å²) in [6.07, 6.45) is 0.0888. The Morgan fingerprint density at radius 2 is 2.19 bits per heavy atom. The molecule has 0 aromatic carbocycles. The topological polar surface area (TPSA) is 101 Å². The fourth-order valence-corrected chi connectivity index (χ4v) is 1.34. The van der Waals surface area contributed by atoms with E-state index in [1.165, 1.54) is 6.20 Å². The SMILES string of the molecule is CC(C)Cn1cc(C(O)C(O)C(N)=O)cn1. The van der Waals surface area contributed by atoms with Crippen LogP contribution in [-0.4, -0.2) is 32.0 Å². The molecule has 0 saturated heterocycles. The molecule has 90 valence electrons. The van der Waals surface area contributed by atoms with Gasteiger partial charge in [0.25, 0.3) is 0 Å². The van der Waals surface area contributed by atoms with Crippen molar-refractivity contribution in [3.05, 3.63) is 18.0 Å². The van der Waals surface area contributed by atoms with E-state index in [1.807, 2.05) is 13.8 Å². The van der Waals surface area contributed by atoms with Crippen LogP contribution in [0.4, 0.5) is 0 Å². The first-order chi connectivity index (χ1) is 7.41. The fraction of sp³-hybridized carbons (Fsp3) is 0.600. The summed E-state index contributed by atoms with van der Waals surface area (Å²) in [6.45, 7) is 4.78. The fourth-order valence-electron chi connectivity index (χ4n) is 1.34. The summed E-state index contributed by atoms with van der Waals surface area (Å²) in [4.78, 5) is 10.7. The molecule has 0 radical (unpaired) electrons. The highest BCUT2D eigenvalue weighted by molar-refractivity contribution is 5.79. The van der Waals surface area contributed by atoms with Crippen LogP contribution in [0.1, 0.15) is 25.5 Å². The molecule has 0 bridgehead atoms. The maximum Gasteiger partial charge on any atom is 0.249 e. The lowest BCUT2D eigenvalue weighted by molar-refractivity contribution is -0.131. The Morgan fingerprint density at radius 1 is 1.56 bits per heavy atom. The first-order valence-electron chi connectivity index (χ1n) is 5.09. The third-order valence-electron chi connectivity index (χ3n) is 2.14. The zero-order valence-corrected chi connectivity index (χ0v) is 9.37. The summed E-state index contributed by atoms with van der Waals surface area (Å²) in [5.41, 5.74) is 5.27. The highest BCUT2D eigenvalue weighted by Crippen LogP contribution is 2.16. The maximum absolute atomic E-state index is 10.7. The van der Waals surface area contributed by atoms with Gasteiger partial charge in [0, 0.05) is 18.3 Å². The van der Waals surface area contributed by atoms with Gasteiger partial charge in [0.2, 0.25) is 5.91 Å². The van der Waals surface area contributed by atoms with Crippen molar-refractivity contribution in [2.45, 2.75) is 32.6 Å². The number of nitrogens with two attached hydrogens (primary N) is 1. The number of amides is 1. The third-order valence-corrected chi connectivity index (χ3v) is 2.14. The monoisotopic (exact) mass is 227 g/mol. The van der Waals surface area contributed by atoms with Crippen LogP contribution in [-0.2, 0) is 11.3 Å². The summed E-state index contributed by atoms with van der Waals surface area (Å²) >= 11 is 0. The molecule has 2 atom stereocenters. The molecule has 1 aromatic heterocycles. The number of carbonyl (C=O) groups is 1. The van der Waals surface area contributed by atoms with Crippen LogP contribution in [0.15, 0.2) is 12.4 Å². The van der Waals surface area contributed by atoms with Crippen molar-refractivity contribution in [2.75, 3.05) is 0 Å². The number of rotatable bonds is 5. The van der Waals surface area contributed by atoms with Crippen LogP contribution in [0, 0.1) is 5.92 Å². The van der Waals surface area contributed by atoms with Gasteiger partial charge in [-0.15, -0.1) is 0 Å². The van der Waals surface area contributed by atoms with E-state index in [9.17, 15) is 15.0 Å². The molecule has 4 N–H and O–H groups in total. The molecule has 1 aromatic rings. The first-order valence-corrected chi connectivity index (χ1v) is 5.09. The van der Waals surface area contributed by atoms with Crippen molar-refractivity contribution in [1.82, 2.24) is 9.78 Å². The molecule has 1 amide bonds. The van der Waals surface area contributed by atoms with E-state index in [-0.39, 0.29) is 0 Å². The minimum atomic E-state index is -1.60. The molecule has 1 rings (SSSR count). The molecule has 0 aliphatic rings. The summed E-state index contributed by atoms with van der Waals surface area (Å²) in [5.74, 6) is -0.532. The lowest BCUT2D eigenvalue weighted by atomic mass is 10.1. The van der Waals surface area contributed by atoms with Gasteiger partial charge >= 0.3 is 0 Å². The van der Waals surface area contributed by atoms with Crippen LogP contribution in [0.3, 0.4) is 0 Å².